The Morgan fingerprint density at radius 3 is 2.57 bits per heavy atom. The number of nitrogens with zero attached hydrogens (tertiary/aromatic N) is 1. The van der Waals surface area contributed by atoms with Crippen molar-refractivity contribution in [3.8, 4) is 0 Å². The van der Waals surface area contributed by atoms with Crippen LogP contribution in [0.1, 0.15) is 29.0 Å². The molecule has 9 heteroatoms. The van der Waals surface area contributed by atoms with E-state index in [0.717, 1.165) is 21.4 Å². The molecule has 0 aliphatic rings. The third kappa shape index (κ3) is 3.67. The van der Waals surface area contributed by atoms with E-state index in [1.165, 1.54) is 5.51 Å². The normalized spacial score (nSPS) is 13.0. The molecule has 2 aromatic rings. The van der Waals surface area contributed by atoms with Gasteiger partial charge < -0.3 is 5.11 Å². The lowest BCUT2D eigenvalue weighted by Gasteiger charge is -2.14. The van der Waals surface area contributed by atoms with Gasteiger partial charge in [-0.2, -0.15) is 0 Å². The standard InChI is InChI=1S/C12H11BrN2O4S2/c1-7(8-2-4-9(13)5-3-8)15-21(18,19)12-10(11(16)17)14-6-20-12/h2-7,15H,1H3,(H,16,17)/t7-/m1/s1. The third-order valence-electron chi connectivity index (χ3n) is 2.68. The number of carboxylic acids is 1. The number of carboxylic acid groups (broad SMARTS) is 1. The first kappa shape index (κ1) is 16.1. The van der Waals surface area contributed by atoms with Crippen molar-refractivity contribution in [1.29, 1.82) is 0 Å². The predicted octanol–water partition coefficient (Wildman–Crippen LogP) is 2.64. The molecule has 6 nitrogen and oxygen atoms in total. The van der Waals surface area contributed by atoms with Crippen LogP contribution in [0.2, 0.25) is 0 Å². The largest absolute Gasteiger partial charge is 0.476 e. The van der Waals surface area contributed by atoms with Gasteiger partial charge in [0.25, 0.3) is 10.0 Å². The van der Waals surface area contributed by atoms with Crippen molar-refractivity contribution in [2.45, 2.75) is 17.2 Å². The van der Waals surface area contributed by atoms with Crippen molar-refractivity contribution in [2.24, 2.45) is 0 Å². The van der Waals surface area contributed by atoms with Crippen molar-refractivity contribution in [1.82, 2.24) is 9.71 Å². The molecule has 1 aromatic carbocycles. The van der Waals surface area contributed by atoms with Crippen LogP contribution in [0.3, 0.4) is 0 Å². The quantitative estimate of drug-likeness (QED) is 0.817. The lowest BCUT2D eigenvalue weighted by atomic mass is 10.1. The second kappa shape index (κ2) is 6.22. The second-order valence-electron chi connectivity index (χ2n) is 4.19. The van der Waals surface area contributed by atoms with E-state index in [4.69, 9.17) is 5.11 Å². The van der Waals surface area contributed by atoms with Gasteiger partial charge in [0.05, 0.1) is 5.51 Å². The number of aromatic carboxylic acids is 1. The third-order valence-corrected chi connectivity index (χ3v) is 6.12. The molecule has 1 heterocycles. The Balaban J connectivity index is 2.27. The van der Waals surface area contributed by atoms with E-state index < -0.39 is 27.7 Å². The molecule has 0 aliphatic carbocycles. The van der Waals surface area contributed by atoms with E-state index in [1.807, 2.05) is 0 Å². The van der Waals surface area contributed by atoms with Crippen LogP contribution in [-0.2, 0) is 10.0 Å². The topological polar surface area (TPSA) is 96.4 Å². The first-order chi connectivity index (χ1) is 9.81. The number of aromatic nitrogens is 1. The van der Waals surface area contributed by atoms with Gasteiger partial charge in [-0.1, -0.05) is 28.1 Å². The fraction of sp³-hybridized carbons (Fsp3) is 0.167. The average molecular weight is 391 g/mol. The van der Waals surface area contributed by atoms with Gasteiger partial charge in [0.1, 0.15) is 0 Å². The van der Waals surface area contributed by atoms with E-state index in [1.54, 1.807) is 31.2 Å². The molecule has 1 aromatic heterocycles. The fourth-order valence-corrected chi connectivity index (χ4v) is 4.33. The van der Waals surface area contributed by atoms with Crippen LogP contribution in [0.15, 0.2) is 38.5 Å². The van der Waals surface area contributed by atoms with Crippen LogP contribution in [-0.4, -0.2) is 24.5 Å². The van der Waals surface area contributed by atoms with Crippen LogP contribution in [0.25, 0.3) is 0 Å². The Morgan fingerprint density at radius 2 is 2.00 bits per heavy atom. The van der Waals surface area contributed by atoms with Crippen molar-refractivity contribution < 1.29 is 18.3 Å². The van der Waals surface area contributed by atoms with E-state index in [0.29, 0.717) is 0 Å². The molecule has 0 bridgehead atoms. The van der Waals surface area contributed by atoms with E-state index in [9.17, 15) is 13.2 Å². The van der Waals surface area contributed by atoms with Gasteiger partial charge in [0.15, 0.2) is 9.90 Å². The second-order valence-corrected chi connectivity index (χ2v) is 7.87. The summed E-state index contributed by atoms with van der Waals surface area (Å²) in [6, 6.07) is 6.67. The highest BCUT2D eigenvalue weighted by Gasteiger charge is 2.27. The minimum Gasteiger partial charge on any atom is -0.476 e. The molecule has 2 N–H and O–H groups in total. The number of benzene rings is 1. The molecule has 21 heavy (non-hydrogen) atoms. The molecule has 0 fully saturated rings. The lowest BCUT2D eigenvalue weighted by molar-refractivity contribution is 0.0687. The predicted molar refractivity (Wildman–Crippen MR) is 82.0 cm³/mol. The highest BCUT2D eigenvalue weighted by Crippen LogP contribution is 2.23. The van der Waals surface area contributed by atoms with E-state index in [-0.39, 0.29) is 4.21 Å². The molecule has 0 amide bonds. The van der Waals surface area contributed by atoms with Crippen LogP contribution in [0, 0.1) is 0 Å². The summed E-state index contributed by atoms with van der Waals surface area (Å²) in [6.07, 6.45) is 0. The number of sulfonamides is 1. The van der Waals surface area contributed by atoms with Gasteiger partial charge in [-0.05, 0) is 24.6 Å². The zero-order valence-electron chi connectivity index (χ0n) is 10.8. The maximum Gasteiger partial charge on any atom is 0.356 e. The van der Waals surface area contributed by atoms with Crippen molar-refractivity contribution >= 4 is 43.3 Å². The summed E-state index contributed by atoms with van der Waals surface area (Å²) >= 11 is 4.08. The fourth-order valence-electron chi connectivity index (χ4n) is 1.67. The Morgan fingerprint density at radius 1 is 1.38 bits per heavy atom. The van der Waals surface area contributed by atoms with Gasteiger partial charge in [-0.3, -0.25) is 0 Å². The monoisotopic (exact) mass is 390 g/mol. The average Bonchev–Trinajstić information content (AvgIpc) is 2.89. The minimum absolute atomic E-state index is 0.293. The lowest BCUT2D eigenvalue weighted by Crippen LogP contribution is -2.27. The number of nitrogens with one attached hydrogen (secondary N) is 1. The van der Waals surface area contributed by atoms with Crippen LogP contribution < -0.4 is 4.72 Å². The first-order valence-electron chi connectivity index (χ1n) is 5.76. The van der Waals surface area contributed by atoms with Gasteiger partial charge in [0.2, 0.25) is 0 Å². The Bertz CT molecular complexity index is 756. The van der Waals surface area contributed by atoms with E-state index >= 15 is 0 Å². The van der Waals surface area contributed by atoms with Crippen LogP contribution in [0.5, 0.6) is 0 Å². The maximum absolute atomic E-state index is 12.3. The summed E-state index contributed by atoms with van der Waals surface area (Å²) in [4.78, 5) is 14.5. The minimum atomic E-state index is -3.94. The maximum atomic E-state index is 12.3. The van der Waals surface area contributed by atoms with Crippen molar-refractivity contribution in [3.63, 3.8) is 0 Å². The number of thiazole rings is 1. The molecule has 2 rings (SSSR count). The first-order valence-corrected chi connectivity index (χ1v) is 8.91. The molecule has 0 saturated carbocycles. The van der Waals surface area contributed by atoms with Gasteiger partial charge in [-0.15, -0.1) is 11.3 Å². The zero-order valence-corrected chi connectivity index (χ0v) is 14.0. The zero-order chi connectivity index (χ0) is 15.6. The summed E-state index contributed by atoms with van der Waals surface area (Å²) in [5, 5.41) is 8.95. The Labute approximate surface area is 134 Å². The van der Waals surface area contributed by atoms with Crippen molar-refractivity contribution in [2.75, 3.05) is 0 Å². The summed E-state index contributed by atoms with van der Waals surface area (Å²) in [5.74, 6) is -1.37. The summed E-state index contributed by atoms with van der Waals surface area (Å²) in [7, 11) is -3.94. The molecule has 112 valence electrons. The number of rotatable bonds is 5. The number of hydrogen-bond acceptors (Lipinski definition) is 5. The molecule has 1 atom stereocenters. The summed E-state index contributed by atoms with van der Waals surface area (Å²) in [6.45, 7) is 1.68. The molecule has 0 aliphatic heterocycles. The number of carbonyl (C=O) groups is 1. The number of halogens is 1. The summed E-state index contributed by atoms with van der Waals surface area (Å²) in [5.41, 5.74) is 1.50. The van der Waals surface area contributed by atoms with Crippen LogP contribution in [0.4, 0.5) is 0 Å². The van der Waals surface area contributed by atoms with Crippen LogP contribution >= 0.6 is 27.3 Å². The number of hydrogen-bond donors (Lipinski definition) is 2. The molecular weight excluding hydrogens is 380 g/mol. The molecular formula is C12H11BrN2O4S2. The molecule has 0 saturated heterocycles. The van der Waals surface area contributed by atoms with Crippen molar-refractivity contribution in [3.05, 3.63) is 45.5 Å². The molecule has 0 spiro atoms. The molecule has 0 unspecified atom stereocenters. The molecule has 0 radical (unpaired) electrons. The smallest absolute Gasteiger partial charge is 0.356 e. The SMILES string of the molecule is C[C@@H](NS(=O)(=O)c1scnc1C(=O)O)c1ccc(Br)cc1. The van der Waals surface area contributed by atoms with E-state index in [2.05, 4.69) is 25.6 Å². The highest BCUT2D eigenvalue weighted by atomic mass is 79.9. The summed E-state index contributed by atoms with van der Waals surface area (Å²) < 4.78 is 27.6. The Kier molecular flexibility index (Phi) is 4.77. The Hall–Kier alpha value is -1.29. The van der Waals surface area contributed by atoms with Gasteiger partial charge in [0, 0.05) is 10.5 Å². The van der Waals surface area contributed by atoms with Gasteiger partial charge in [-0.25, -0.2) is 22.9 Å². The highest BCUT2D eigenvalue weighted by molar-refractivity contribution is 9.10. The van der Waals surface area contributed by atoms with Gasteiger partial charge >= 0.3 is 5.97 Å².